The fourth-order valence-electron chi connectivity index (χ4n) is 2.01. The Morgan fingerprint density at radius 3 is 2.91 bits per heavy atom. The Morgan fingerprint density at radius 2 is 2.32 bits per heavy atom. The van der Waals surface area contributed by atoms with E-state index >= 15 is 0 Å². The number of hydrogen-bond acceptors (Lipinski definition) is 6. The van der Waals surface area contributed by atoms with Crippen LogP contribution in [0.1, 0.15) is 26.5 Å². The van der Waals surface area contributed by atoms with Crippen molar-refractivity contribution in [2.75, 3.05) is 6.61 Å². The van der Waals surface area contributed by atoms with Gasteiger partial charge in [0.25, 0.3) is 11.4 Å². The SMILES string of the molecule is CC(C)C(=O)OC[C@@]1(F)O[C@@H](n2ccc(=O)[nH]c2=O)C[C@@H]1O. The molecule has 0 bridgehead atoms. The van der Waals surface area contributed by atoms with Crippen LogP contribution in [0.3, 0.4) is 0 Å². The van der Waals surface area contributed by atoms with Gasteiger partial charge in [0.05, 0.1) is 5.92 Å². The molecular weight excluding hydrogens is 299 g/mol. The number of H-pyrrole nitrogens is 1. The molecule has 0 radical (unpaired) electrons. The van der Waals surface area contributed by atoms with Crippen molar-refractivity contribution in [2.45, 2.75) is 38.5 Å². The molecule has 0 unspecified atom stereocenters. The second-order valence-corrected chi connectivity index (χ2v) is 5.39. The highest BCUT2D eigenvalue weighted by atomic mass is 19.2. The van der Waals surface area contributed by atoms with Gasteiger partial charge >= 0.3 is 11.7 Å². The lowest BCUT2D eigenvalue weighted by atomic mass is 10.1. The Labute approximate surface area is 124 Å². The summed E-state index contributed by atoms with van der Waals surface area (Å²) >= 11 is 0. The first-order chi connectivity index (χ1) is 10.2. The molecule has 1 aromatic rings. The van der Waals surface area contributed by atoms with Gasteiger partial charge in [-0.05, 0) is 0 Å². The number of rotatable bonds is 4. The largest absolute Gasteiger partial charge is 0.459 e. The van der Waals surface area contributed by atoms with Crippen LogP contribution in [0, 0.1) is 5.92 Å². The van der Waals surface area contributed by atoms with Gasteiger partial charge in [-0.2, -0.15) is 0 Å². The number of carbonyl (C=O) groups is 1. The number of ether oxygens (including phenoxy) is 2. The van der Waals surface area contributed by atoms with Crippen molar-refractivity contribution < 1.29 is 23.8 Å². The molecule has 1 saturated heterocycles. The lowest BCUT2D eigenvalue weighted by Crippen LogP contribution is -2.40. The smallest absolute Gasteiger partial charge is 0.330 e. The summed E-state index contributed by atoms with van der Waals surface area (Å²) in [7, 11) is 0. The summed E-state index contributed by atoms with van der Waals surface area (Å²) < 4.78 is 25.3. The highest BCUT2D eigenvalue weighted by Crippen LogP contribution is 2.37. The van der Waals surface area contributed by atoms with E-state index in [0.29, 0.717) is 0 Å². The molecular formula is C13H17FN2O6. The number of esters is 1. The molecule has 1 aliphatic rings. The summed E-state index contributed by atoms with van der Waals surface area (Å²) in [6, 6.07) is 1.08. The van der Waals surface area contributed by atoms with E-state index in [4.69, 9.17) is 9.47 Å². The van der Waals surface area contributed by atoms with Crippen molar-refractivity contribution in [1.82, 2.24) is 9.55 Å². The molecule has 2 heterocycles. The van der Waals surface area contributed by atoms with E-state index in [-0.39, 0.29) is 6.42 Å². The van der Waals surface area contributed by atoms with Crippen LogP contribution in [0.4, 0.5) is 4.39 Å². The summed E-state index contributed by atoms with van der Waals surface area (Å²) in [5.41, 5.74) is -1.38. The Hall–Kier alpha value is -2.00. The standard InChI is InChI=1S/C13H17FN2O6/c1-7(2)11(19)21-6-13(14)8(17)5-10(22-13)16-4-3-9(18)15-12(16)20/h3-4,7-8,10,17H,5-6H2,1-2H3,(H,15,18,20)/t8-,10+,13+/m0/s1. The minimum atomic E-state index is -2.61. The number of nitrogens with one attached hydrogen (secondary N) is 1. The molecule has 1 aromatic heterocycles. The van der Waals surface area contributed by atoms with Crippen LogP contribution in [-0.4, -0.2) is 39.2 Å². The first kappa shape index (κ1) is 16.4. The first-order valence-corrected chi connectivity index (χ1v) is 6.76. The van der Waals surface area contributed by atoms with E-state index in [9.17, 15) is 23.9 Å². The molecule has 0 saturated carbocycles. The number of aromatic nitrogens is 2. The van der Waals surface area contributed by atoms with Gasteiger partial charge in [-0.25, -0.2) is 9.18 Å². The normalized spacial score (nSPS) is 28.0. The summed E-state index contributed by atoms with van der Waals surface area (Å²) in [6.45, 7) is 2.39. The number of carbonyl (C=O) groups excluding carboxylic acids is 1. The second-order valence-electron chi connectivity index (χ2n) is 5.39. The lowest BCUT2D eigenvalue weighted by Gasteiger charge is -2.23. The molecule has 9 heteroatoms. The molecule has 8 nitrogen and oxygen atoms in total. The van der Waals surface area contributed by atoms with Crippen molar-refractivity contribution in [1.29, 1.82) is 0 Å². The fourth-order valence-corrected chi connectivity index (χ4v) is 2.01. The monoisotopic (exact) mass is 316 g/mol. The summed E-state index contributed by atoms with van der Waals surface area (Å²) in [5, 5.41) is 9.80. The summed E-state index contributed by atoms with van der Waals surface area (Å²) in [4.78, 5) is 36.0. The van der Waals surface area contributed by atoms with Crippen LogP contribution in [0.2, 0.25) is 0 Å². The zero-order chi connectivity index (χ0) is 16.5. The van der Waals surface area contributed by atoms with E-state index < -0.39 is 47.9 Å². The van der Waals surface area contributed by atoms with Crippen molar-refractivity contribution in [3.8, 4) is 0 Å². The predicted octanol–water partition coefficient (Wildman–Crippen LogP) is -0.319. The highest BCUT2D eigenvalue weighted by molar-refractivity contribution is 5.71. The maximum absolute atomic E-state index is 14.5. The third kappa shape index (κ3) is 3.25. The zero-order valence-electron chi connectivity index (χ0n) is 12.1. The number of hydrogen-bond donors (Lipinski definition) is 2. The molecule has 0 amide bonds. The van der Waals surface area contributed by atoms with Gasteiger partial charge in [-0.15, -0.1) is 0 Å². The zero-order valence-corrected chi connectivity index (χ0v) is 12.1. The second kappa shape index (κ2) is 6.01. The van der Waals surface area contributed by atoms with Gasteiger partial charge in [0.15, 0.2) is 6.61 Å². The summed E-state index contributed by atoms with van der Waals surface area (Å²) in [5.74, 6) is -3.68. The fraction of sp³-hybridized carbons (Fsp3) is 0.615. The molecule has 122 valence electrons. The predicted molar refractivity (Wildman–Crippen MR) is 71.7 cm³/mol. The molecule has 2 rings (SSSR count). The molecule has 0 aromatic carbocycles. The average Bonchev–Trinajstić information content (AvgIpc) is 2.72. The van der Waals surface area contributed by atoms with Crippen molar-refractivity contribution in [2.24, 2.45) is 5.92 Å². The van der Waals surface area contributed by atoms with E-state index in [1.807, 2.05) is 4.98 Å². The van der Waals surface area contributed by atoms with Crippen LogP contribution < -0.4 is 11.2 Å². The Bertz CT molecular complexity index is 669. The number of alkyl halides is 1. The van der Waals surface area contributed by atoms with Crippen LogP contribution in [0.5, 0.6) is 0 Å². The number of aliphatic hydroxyl groups excluding tert-OH is 1. The van der Waals surface area contributed by atoms with E-state index in [1.165, 1.54) is 0 Å². The van der Waals surface area contributed by atoms with Crippen LogP contribution in [0.15, 0.2) is 21.9 Å². The third-order valence-electron chi connectivity index (χ3n) is 3.30. The van der Waals surface area contributed by atoms with Gasteiger partial charge in [0.2, 0.25) is 0 Å². The quantitative estimate of drug-likeness (QED) is 0.737. The minimum absolute atomic E-state index is 0.221. The van der Waals surface area contributed by atoms with Crippen LogP contribution in [0.25, 0.3) is 0 Å². The number of nitrogens with zero attached hydrogens (tertiary/aromatic N) is 1. The summed E-state index contributed by atoms with van der Waals surface area (Å²) in [6.07, 6.45) is -1.76. The lowest BCUT2D eigenvalue weighted by molar-refractivity contribution is -0.218. The molecule has 0 aliphatic carbocycles. The number of halogens is 1. The van der Waals surface area contributed by atoms with Crippen LogP contribution >= 0.6 is 0 Å². The van der Waals surface area contributed by atoms with Gasteiger partial charge in [0, 0.05) is 18.7 Å². The number of aliphatic hydroxyl groups is 1. The van der Waals surface area contributed by atoms with Gasteiger partial charge in [-0.3, -0.25) is 19.1 Å². The van der Waals surface area contributed by atoms with E-state index in [2.05, 4.69) is 0 Å². The molecule has 22 heavy (non-hydrogen) atoms. The third-order valence-corrected chi connectivity index (χ3v) is 3.30. The number of aromatic amines is 1. The average molecular weight is 316 g/mol. The topological polar surface area (TPSA) is 111 Å². The van der Waals surface area contributed by atoms with E-state index in [1.54, 1.807) is 13.8 Å². The first-order valence-electron chi connectivity index (χ1n) is 6.76. The molecule has 1 aliphatic heterocycles. The maximum Gasteiger partial charge on any atom is 0.330 e. The Morgan fingerprint density at radius 1 is 1.64 bits per heavy atom. The molecule has 0 spiro atoms. The molecule has 1 fully saturated rings. The minimum Gasteiger partial charge on any atom is -0.459 e. The molecule has 3 atom stereocenters. The highest BCUT2D eigenvalue weighted by Gasteiger charge is 2.51. The van der Waals surface area contributed by atoms with Crippen molar-refractivity contribution in [3.05, 3.63) is 33.1 Å². The van der Waals surface area contributed by atoms with Gasteiger partial charge < -0.3 is 14.6 Å². The van der Waals surface area contributed by atoms with Crippen molar-refractivity contribution in [3.63, 3.8) is 0 Å². The van der Waals surface area contributed by atoms with Gasteiger partial charge in [-0.1, -0.05) is 13.8 Å². The Balaban J connectivity index is 2.12. The van der Waals surface area contributed by atoms with Crippen LogP contribution in [-0.2, 0) is 14.3 Å². The maximum atomic E-state index is 14.5. The van der Waals surface area contributed by atoms with Gasteiger partial charge in [0.1, 0.15) is 12.3 Å². The molecule has 2 N–H and O–H groups in total. The van der Waals surface area contributed by atoms with Crippen molar-refractivity contribution >= 4 is 5.97 Å². The Kier molecular flexibility index (Phi) is 4.47. The van der Waals surface area contributed by atoms with E-state index in [0.717, 1.165) is 16.8 Å².